The van der Waals surface area contributed by atoms with Crippen molar-refractivity contribution in [3.63, 3.8) is 0 Å². The summed E-state index contributed by atoms with van der Waals surface area (Å²) >= 11 is 1.63. The Kier molecular flexibility index (Phi) is 6.55. The third kappa shape index (κ3) is 4.78. The zero-order valence-electron chi connectivity index (χ0n) is 15.2. The normalized spacial score (nSPS) is 14.7. The summed E-state index contributed by atoms with van der Waals surface area (Å²) in [6, 6.07) is 10.2. The molecule has 26 heavy (non-hydrogen) atoms. The lowest BCUT2D eigenvalue weighted by molar-refractivity contribution is -0.120. The summed E-state index contributed by atoms with van der Waals surface area (Å²) in [5, 5.41) is 7.28. The second-order valence-electron chi connectivity index (χ2n) is 6.61. The van der Waals surface area contributed by atoms with Gasteiger partial charge in [-0.1, -0.05) is 30.3 Å². The van der Waals surface area contributed by atoms with Crippen LogP contribution >= 0.6 is 11.8 Å². The van der Waals surface area contributed by atoms with Crippen molar-refractivity contribution in [3.8, 4) is 0 Å². The number of nitrogens with one attached hydrogen (secondary N) is 1. The monoisotopic (exact) mass is 374 g/mol. The van der Waals surface area contributed by atoms with Gasteiger partial charge in [0.25, 0.3) is 0 Å². The first-order valence-electron chi connectivity index (χ1n) is 9.25. The van der Waals surface area contributed by atoms with Gasteiger partial charge in [-0.25, -0.2) is 9.48 Å². The summed E-state index contributed by atoms with van der Waals surface area (Å²) in [6.07, 6.45) is 3.74. The number of aromatic nitrogens is 3. The Hall–Kier alpha value is -2.02. The minimum absolute atomic E-state index is 0.0159. The van der Waals surface area contributed by atoms with Gasteiger partial charge in [-0.3, -0.25) is 9.36 Å². The Morgan fingerprint density at radius 3 is 2.88 bits per heavy atom. The number of hydrogen-bond donors (Lipinski definition) is 1. The van der Waals surface area contributed by atoms with Crippen molar-refractivity contribution in [2.24, 2.45) is 0 Å². The highest BCUT2D eigenvalue weighted by Crippen LogP contribution is 2.17. The Labute approximate surface area is 158 Å². The van der Waals surface area contributed by atoms with Crippen LogP contribution < -0.4 is 11.0 Å². The number of benzene rings is 1. The molecular weight excluding hydrogens is 348 g/mol. The number of thioether (sulfide) groups is 1. The van der Waals surface area contributed by atoms with Crippen LogP contribution in [0.3, 0.4) is 0 Å². The number of rotatable bonds is 8. The topological polar surface area (TPSA) is 68.9 Å². The predicted octanol–water partition coefficient (Wildman–Crippen LogP) is 2.21. The fraction of sp³-hybridized carbons (Fsp3) is 0.526. The van der Waals surface area contributed by atoms with Crippen LogP contribution in [-0.2, 0) is 30.1 Å². The fourth-order valence-electron chi connectivity index (χ4n) is 3.05. The van der Waals surface area contributed by atoms with Gasteiger partial charge in [-0.2, -0.15) is 5.10 Å². The number of hydrogen-bond acceptors (Lipinski definition) is 4. The van der Waals surface area contributed by atoms with E-state index in [0.717, 1.165) is 37.4 Å². The smallest absolute Gasteiger partial charge is 0.345 e. The zero-order valence-corrected chi connectivity index (χ0v) is 16.0. The third-order valence-electron chi connectivity index (χ3n) is 4.59. The lowest BCUT2D eigenvalue weighted by atomic mass is 10.2. The molecule has 1 atom stereocenters. The molecule has 0 bridgehead atoms. The van der Waals surface area contributed by atoms with E-state index in [4.69, 9.17) is 0 Å². The van der Waals surface area contributed by atoms with Crippen molar-refractivity contribution in [1.82, 2.24) is 19.7 Å². The van der Waals surface area contributed by atoms with Crippen LogP contribution in [-0.4, -0.2) is 32.0 Å². The maximum Gasteiger partial charge on any atom is 0.345 e. The predicted molar refractivity (Wildman–Crippen MR) is 104 cm³/mol. The van der Waals surface area contributed by atoms with Gasteiger partial charge in [0.05, 0.1) is 5.25 Å². The molecule has 0 fully saturated rings. The summed E-state index contributed by atoms with van der Waals surface area (Å²) in [6.45, 7) is 3.81. The second-order valence-corrected chi connectivity index (χ2v) is 7.94. The molecule has 140 valence electrons. The van der Waals surface area contributed by atoms with Crippen molar-refractivity contribution < 1.29 is 4.79 Å². The van der Waals surface area contributed by atoms with Gasteiger partial charge >= 0.3 is 5.69 Å². The van der Waals surface area contributed by atoms with E-state index in [-0.39, 0.29) is 16.8 Å². The Morgan fingerprint density at radius 2 is 2.12 bits per heavy atom. The van der Waals surface area contributed by atoms with Crippen molar-refractivity contribution in [3.05, 3.63) is 52.2 Å². The van der Waals surface area contributed by atoms with Gasteiger partial charge in [0.15, 0.2) is 0 Å². The molecule has 2 heterocycles. The number of amides is 1. The van der Waals surface area contributed by atoms with E-state index in [1.54, 1.807) is 21.0 Å². The van der Waals surface area contributed by atoms with Gasteiger partial charge in [-0.05, 0) is 31.7 Å². The first-order chi connectivity index (χ1) is 12.6. The number of nitrogens with zero attached hydrogens (tertiary/aromatic N) is 3. The van der Waals surface area contributed by atoms with E-state index >= 15 is 0 Å². The number of fused-ring (bicyclic) bond motifs is 1. The fourth-order valence-corrected chi connectivity index (χ4v) is 3.92. The summed E-state index contributed by atoms with van der Waals surface area (Å²) < 4.78 is 3.32. The SMILES string of the molecule is CC(SCc1ccccc1)C(=O)NCCCn1nc2n(c1=O)CCCC2. The van der Waals surface area contributed by atoms with Crippen LogP contribution in [0.4, 0.5) is 0 Å². The zero-order chi connectivity index (χ0) is 18.4. The van der Waals surface area contributed by atoms with Crippen LogP contribution in [0.1, 0.15) is 37.6 Å². The lowest BCUT2D eigenvalue weighted by Gasteiger charge is -2.12. The van der Waals surface area contributed by atoms with E-state index in [0.29, 0.717) is 19.5 Å². The first-order valence-corrected chi connectivity index (χ1v) is 10.3. The van der Waals surface area contributed by atoms with E-state index in [1.165, 1.54) is 5.56 Å². The molecule has 0 spiro atoms. The second kappa shape index (κ2) is 9.07. The molecule has 1 aromatic carbocycles. The van der Waals surface area contributed by atoms with Crippen LogP contribution in [0.15, 0.2) is 35.1 Å². The third-order valence-corrected chi connectivity index (χ3v) is 5.80. The average Bonchev–Trinajstić information content (AvgIpc) is 3.00. The minimum atomic E-state index is -0.0992. The molecule has 1 N–H and O–H groups in total. The lowest BCUT2D eigenvalue weighted by Crippen LogP contribution is -2.33. The first kappa shape index (κ1) is 18.8. The molecule has 1 unspecified atom stereocenters. The molecule has 1 aliphatic heterocycles. The van der Waals surface area contributed by atoms with Gasteiger partial charge in [0, 0.05) is 31.8 Å². The molecule has 1 aromatic heterocycles. The standard InChI is InChI=1S/C19H26N4O2S/c1-15(26-14-16-8-3-2-4-9-16)18(24)20-11-7-13-23-19(25)22-12-6-5-10-17(22)21-23/h2-4,8-9,15H,5-7,10-14H2,1H3,(H,20,24). The van der Waals surface area contributed by atoms with Crippen LogP contribution in [0.5, 0.6) is 0 Å². The highest BCUT2D eigenvalue weighted by Gasteiger charge is 2.16. The summed E-state index contributed by atoms with van der Waals surface area (Å²) in [5.74, 6) is 1.77. The molecule has 7 heteroatoms. The molecule has 1 amide bonds. The molecular formula is C19H26N4O2S. The molecule has 2 aromatic rings. The molecule has 0 aliphatic carbocycles. The van der Waals surface area contributed by atoms with E-state index in [1.807, 2.05) is 25.1 Å². The Balaban J connectivity index is 1.38. The number of carbonyl (C=O) groups excluding carboxylic acids is 1. The molecule has 6 nitrogen and oxygen atoms in total. The quantitative estimate of drug-likeness (QED) is 0.720. The van der Waals surface area contributed by atoms with Crippen molar-refractivity contribution in [2.45, 2.75) is 56.7 Å². The van der Waals surface area contributed by atoms with Crippen LogP contribution in [0, 0.1) is 0 Å². The Morgan fingerprint density at radius 1 is 1.31 bits per heavy atom. The van der Waals surface area contributed by atoms with Gasteiger partial charge in [-0.15, -0.1) is 11.8 Å². The van der Waals surface area contributed by atoms with Gasteiger partial charge in [0.2, 0.25) is 5.91 Å². The summed E-state index contributed by atoms with van der Waals surface area (Å²) in [5.41, 5.74) is 1.21. The van der Waals surface area contributed by atoms with E-state index in [9.17, 15) is 9.59 Å². The van der Waals surface area contributed by atoms with Crippen LogP contribution in [0.25, 0.3) is 0 Å². The molecule has 0 saturated heterocycles. The average molecular weight is 375 g/mol. The van der Waals surface area contributed by atoms with Gasteiger partial charge in [0.1, 0.15) is 5.82 Å². The number of carbonyl (C=O) groups is 1. The maximum absolute atomic E-state index is 12.2. The minimum Gasteiger partial charge on any atom is -0.355 e. The van der Waals surface area contributed by atoms with Crippen molar-refractivity contribution in [1.29, 1.82) is 0 Å². The van der Waals surface area contributed by atoms with Crippen molar-refractivity contribution >= 4 is 17.7 Å². The van der Waals surface area contributed by atoms with Gasteiger partial charge < -0.3 is 5.32 Å². The number of aryl methyl sites for hydroxylation is 2. The summed E-state index contributed by atoms with van der Waals surface area (Å²) in [4.78, 5) is 24.4. The molecule has 1 aliphatic rings. The Bertz CT molecular complexity index is 785. The maximum atomic E-state index is 12.2. The summed E-state index contributed by atoms with van der Waals surface area (Å²) in [7, 11) is 0. The molecule has 0 radical (unpaired) electrons. The van der Waals surface area contributed by atoms with Crippen LogP contribution in [0.2, 0.25) is 0 Å². The van der Waals surface area contributed by atoms with E-state index < -0.39 is 0 Å². The highest BCUT2D eigenvalue weighted by atomic mass is 32.2. The van der Waals surface area contributed by atoms with E-state index in [2.05, 4.69) is 22.5 Å². The van der Waals surface area contributed by atoms with Crippen molar-refractivity contribution in [2.75, 3.05) is 6.54 Å². The highest BCUT2D eigenvalue weighted by molar-refractivity contribution is 7.99. The molecule has 0 saturated carbocycles. The molecule has 3 rings (SSSR count). The largest absolute Gasteiger partial charge is 0.355 e.